The summed E-state index contributed by atoms with van der Waals surface area (Å²) in [6.45, 7) is 0.866. The second-order valence-corrected chi connectivity index (χ2v) is 4.03. The number of alkyl halides is 3. The minimum absolute atomic E-state index is 0.0118. The van der Waals surface area contributed by atoms with E-state index in [4.69, 9.17) is 11.1 Å². The number of thioether (sulfide) groups is 1. The van der Waals surface area contributed by atoms with E-state index in [1.807, 2.05) is 0 Å². The maximum Gasteiger partial charge on any atom is 0.441 e. The van der Waals surface area contributed by atoms with E-state index in [0.29, 0.717) is 19.5 Å². The molecule has 0 heterocycles. The van der Waals surface area contributed by atoms with E-state index in [2.05, 4.69) is 0 Å². The molecule has 0 atom stereocenters. The predicted molar refractivity (Wildman–Crippen MR) is 52.5 cm³/mol. The molecule has 0 aromatic rings. The lowest BCUT2D eigenvalue weighted by atomic mass is 10.4. The van der Waals surface area contributed by atoms with Gasteiger partial charge < -0.3 is 10.6 Å². The van der Waals surface area contributed by atoms with Crippen LogP contribution in [0.1, 0.15) is 6.42 Å². The van der Waals surface area contributed by atoms with Crippen molar-refractivity contribution in [3.63, 3.8) is 0 Å². The Balaban J connectivity index is 3.45. The zero-order valence-corrected chi connectivity index (χ0v) is 8.71. The molecular weight excluding hydrogens is 215 g/mol. The van der Waals surface area contributed by atoms with Gasteiger partial charge in [-0.15, -0.1) is 0 Å². The first kappa shape index (κ1) is 13.6. The number of amidine groups is 1. The normalized spacial score (nSPS) is 12.1. The van der Waals surface area contributed by atoms with Gasteiger partial charge in [0.15, 0.2) is 0 Å². The molecule has 7 heteroatoms. The summed E-state index contributed by atoms with van der Waals surface area (Å²) in [5.41, 5.74) is 0.959. The number of hydrogen-bond donors (Lipinski definition) is 2. The van der Waals surface area contributed by atoms with Gasteiger partial charge in [0.25, 0.3) is 0 Å². The summed E-state index contributed by atoms with van der Waals surface area (Å²) >= 11 is -0.0304. The fourth-order valence-corrected chi connectivity index (χ4v) is 1.37. The molecule has 0 bridgehead atoms. The molecule has 0 fully saturated rings. The molecule has 0 aliphatic carbocycles. The van der Waals surface area contributed by atoms with Crippen molar-refractivity contribution in [2.75, 3.05) is 25.9 Å². The van der Waals surface area contributed by atoms with E-state index >= 15 is 0 Å². The topological polar surface area (TPSA) is 53.1 Å². The second-order valence-electron chi connectivity index (χ2n) is 2.87. The number of rotatable bonds is 6. The molecule has 3 nitrogen and oxygen atoms in total. The van der Waals surface area contributed by atoms with Crippen molar-refractivity contribution in [3.8, 4) is 0 Å². The third-order valence-corrected chi connectivity index (χ3v) is 2.22. The third kappa shape index (κ3) is 9.66. The third-order valence-electron chi connectivity index (χ3n) is 1.50. The lowest BCUT2D eigenvalue weighted by Gasteiger charge is -2.15. The predicted octanol–water partition coefficient (Wildman–Crippen LogP) is 1.50. The molecule has 0 saturated carbocycles. The van der Waals surface area contributed by atoms with Crippen LogP contribution in [0.3, 0.4) is 0 Å². The van der Waals surface area contributed by atoms with Crippen molar-refractivity contribution in [1.29, 1.82) is 5.41 Å². The summed E-state index contributed by atoms with van der Waals surface area (Å²) < 4.78 is 35.1. The van der Waals surface area contributed by atoms with Crippen LogP contribution in [0.5, 0.6) is 0 Å². The first-order valence-corrected chi connectivity index (χ1v) is 5.02. The second kappa shape index (κ2) is 6.13. The van der Waals surface area contributed by atoms with Crippen LogP contribution in [0.25, 0.3) is 0 Å². The minimum Gasteiger partial charge on any atom is -0.388 e. The monoisotopic (exact) mass is 229 g/mol. The zero-order chi connectivity index (χ0) is 11.2. The van der Waals surface area contributed by atoms with Crippen LogP contribution >= 0.6 is 11.8 Å². The van der Waals surface area contributed by atoms with Crippen molar-refractivity contribution in [3.05, 3.63) is 0 Å². The van der Waals surface area contributed by atoms with Gasteiger partial charge in [-0.25, -0.2) is 0 Å². The SMILES string of the molecule is CN(CCSC(F)(F)F)CCC(=N)N. The van der Waals surface area contributed by atoms with Gasteiger partial charge >= 0.3 is 5.51 Å². The Morgan fingerprint density at radius 2 is 2.00 bits per heavy atom. The van der Waals surface area contributed by atoms with Gasteiger partial charge in [0.05, 0.1) is 5.84 Å². The van der Waals surface area contributed by atoms with Crippen molar-refractivity contribution in [1.82, 2.24) is 4.90 Å². The Morgan fingerprint density at radius 1 is 1.43 bits per heavy atom. The first-order valence-electron chi connectivity index (χ1n) is 4.03. The van der Waals surface area contributed by atoms with Gasteiger partial charge in [0, 0.05) is 25.3 Å². The molecule has 0 radical (unpaired) electrons. The highest BCUT2D eigenvalue weighted by Crippen LogP contribution is 2.29. The van der Waals surface area contributed by atoms with Crippen molar-refractivity contribution in [2.24, 2.45) is 5.73 Å². The molecule has 0 aromatic carbocycles. The molecule has 14 heavy (non-hydrogen) atoms. The molecule has 0 saturated heterocycles. The fraction of sp³-hybridized carbons (Fsp3) is 0.857. The van der Waals surface area contributed by atoms with Crippen LogP contribution in [0.15, 0.2) is 0 Å². The number of nitrogens with zero attached hydrogens (tertiary/aromatic N) is 1. The van der Waals surface area contributed by atoms with Crippen molar-refractivity contribution >= 4 is 17.6 Å². The lowest BCUT2D eigenvalue weighted by molar-refractivity contribution is -0.0328. The smallest absolute Gasteiger partial charge is 0.388 e. The molecule has 0 aromatic heterocycles. The summed E-state index contributed by atoms with van der Waals surface area (Å²) in [5, 5.41) is 6.93. The average Bonchev–Trinajstić information content (AvgIpc) is 1.98. The van der Waals surface area contributed by atoms with Crippen LogP contribution in [0, 0.1) is 5.41 Å². The van der Waals surface area contributed by atoms with E-state index < -0.39 is 5.51 Å². The van der Waals surface area contributed by atoms with E-state index in [1.54, 1.807) is 11.9 Å². The van der Waals surface area contributed by atoms with E-state index in [0.717, 1.165) is 0 Å². The maximum absolute atomic E-state index is 11.7. The molecule has 0 rings (SSSR count). The molecule has 0 aliphatic heterocycles. The molecule has 84 valence electrons. The molecule has 0 spiro atoms. The first-order chi connectivity index (χ1) is 6.31. The standard InChI is InChI=1S/C7H14F3N3S/c1-13(3-2-6(11)12)4-5-14-7(8,9)10/h2-5H2,1H3,(H3,11,12). The summed E-state index contributed by atoms with van der Waals surface area (Å²) in [5.74, 6) is 0.0677. The van der Waals surface area contributed by atoms with Gasteiger partial charge in [0.2, 0.25) is 0 Å². The van der Waals surface area contributed by atoms with Crippen LogP contribution in [0.2, 0.25) is 0 Å². The van der Waals surface area contributed by atoms with E-state index in [-0.39, 0.29) is 23.4 Å². The highest BCUT2D eigenvalue weighted by Gasteiger charge is 2.27. The van der Waals surface area contributed by atoms with Gasteiger partial charge in [0.1, 0.15) is 0 Å². The minimum atomic E-state index is -4.15. The number of nitrogens with one attached hydrogen (secondary N) is 1. The van der Waals surface area contributed by atoms with E-state index in [9.17, 15) is 13.2 Å². The van der Waals surface area contributed by atoms with E-state index in [1.165, 1.54) is 0 Å². The Bertz CT molecular complexity index is 184. The molecule has 0 unspecified atom stereocenters. The number of hydrogen-bond acceptors (Lipinski definition) is 3. The molecule has 0 amide bonds. The summed E-state index contributed by atoms with van der Waals surface area (Å²) in [4.78, 5) is 1.72. The highest BCUT2D eigenvalue weighted by atomic mass is 32.2. The van der Waals surface area contributed by atoms with Crippen LogP contribution in [-0.4, -0.2) is 42.1 Å². The Morgan fingerprint density at radius 3 is 2.43 bits per heavy atom. The van der Waals surface area contributed by atoms with Crippen LogP contribution < -0.4 is 5.73 Å². The summed E-state index contributed by atoms with van der Waals surface area (Å²) in [6.07, 6.45) is 0.396. The van der Waals surface area contributed by atoms with Crippen LogP contribution in [0.4, 0.5) is 13.2 Å². The van der Waals surface area contributed by atoms with Gasteiger partial charge in [-0.1, -0.05) is 0 Å². The highest BCUT2D eigenvalue weighted by molar-refractivity contribution is 8.00. The quantitative estimate of drug-likeness (QED) is 0.536. The molecule has 3 N–H and O–H groups in total. The van der Waals surface area contributed by atoms with Crippen molar-refractivity contribution in [2.45, 2.75) is 11.9 Å². The Labute approximate surface area is 85.3 Å². The number of nitrogens with two attached hydrogens (primary N) is 1. The summed E-state index contributed by atoms with van der Waals surface area (Å²) in [6, 6.07) is 0. The van der Waals surface area contributed by atoms with Gasteiger partial charge in [-0.2, -0.15) is 13.2 Å². The average molecular weight is 229 g/mol. The molecule has 0 aliphatic rings. The number of halogens is 3. The Hall–Kier alpha value is -0.430. The molecular formula is C7H14F3N3S. The zero-order valence-electron chi connectivity index (χ0n) is 7.90. The summed E-state index contributed by atoms with van der Waals surface area (Å²) in [7, 11) is 1.71. The maximum atomic E-state index is 11.7. The van der Waals surface area contributed by atoms with Crippen molar-refractivity contribution < 1.29 is 13.2 Å². The van der Waals surface area contributed by atoms with Crippen LogP contribution in [-0.2, 0) is 0 Å². The fourth-order valence-electron chi connectivity index (χ4n) is 0.740. The Kier molecular flexibility index (Phi) is 5.94. The van der Waals surface area contributed by atoms with Gasteiger partial charge in [-0.05, 0) is 18.8 Å². The largest absolute Gasteiger partial charge is 0.441 e. The van der Waals surface area contributed by atoms with Gasteiger partial charge in [-0.3, -0.25) is 5.41 Å². The lowest BCUT2D eigenvalue weighted by Crippen LogP contribution is -2.26.